The first-order valence-corrected chi connectivity index (χ1v) is 8.03. The molecule has 3 heterocycles. The van der Waals surface area contributed by atoms with Gasteiger partial charge in [-0.15, -0.1) is 10.2 Å². The number of aromatic nitrogens is 3. The Morgan fingerprint density at radius 1 is 1.04 bits per heavy atom. The fourth-order valence-electron chi connectivity index (χ4n) is 2.76. The molecule has 1 amide bonds. The molecule has 0 unspecified atom stereocenters. The second-order valence-corrected chi connectivity index (χ2v) is 5.58. The van der Waals surface area contributed by atoms with Gasteiger partial charge in [0, 0.05) is 24.7 Å². The van der Waals surface area contributed by atoms with Crippen LogP contribution in [-0.2, 0) is 6.42 Å². The Morgan fingerprint density at radius 2 is 1.88 bits per heavy atom. The third kappa shape index (κ3) is 3.01. The van der Waals surface area contributed by atoms with Crippen molar-refractivity contribution in [1.29, 1.82) is 0 Å². The van der Waals surface area contributed by atoms with Crippen LogP contribution in [0.1, 0.15) is 16.4 Å². The van der Waals surface area contributed by atoms with Crippen LogP contribution in [0, 0.1) is 0 Å². The highest BCUT2D eigenvalue weighted by atomic mass is 16.3. The standard InChI is InChI=1S/C19H16N4O2/c24-19(18-15(10-13-25-18)14-6-2-1-3-7-14)20-11-9-17-22-21-16-8-4-5-12-23(16)17/h1-8,10,12-13H,9,11H2,(H,20,24). The Morgan fingerprint density at radius 3 is 2.76 bits per heavy atom. The molecule has 0 aliphatic carbocycles. The zero-order valence-electron chi connectivity index (χ0n) is 13.4. The van der Waals surface area contributed by atoms with E-state index in [1.165, 1.54) is 6.26 Å². The molecule has 3 aromatic heterocycles. The minimum Gasteiger partial charge on any atom is -0.459 e. The van der Waals surface area contributed by atoms with Crippen molar-refractivity contribution >= 4 is 11.6 Å². The quantitative estimate of drug-likeness (QED) is 0.610. The van der Waals surface area contributed by atoms with Crippen LogP contribution in [0.5, 0.6) is 0 Å². The summed E-state index contributed by atoms with van der Waals surface area (Å²) in [7, 11) is 0. The number of fused-ring (bicyclic) bond motifs is 1. The average molecular weight is 332 g/mol. The van der Waals surface area contributed by atoms with Crippen LogP contribution >= 0.6 is 0 Å². The van der Waals surface area contributed by atoms with Crippen LogP contribution < -0.4 is 5.32 Å². The van der Waals surface area contributed by atoms with Gasteiger partial charge in [-0.3, -0.25) is 9.20 Å². The van der Waals surface area contributed by atoms with Gasteiger partial charge in [-0.2, -0.15) is 0 Å². The molecular formula is C19H16N4O2. The second kappa shape index (κ2) is 6.60. The Hall–Kier alpha value is -3.41. The predicted molar refractivity (Wildman–Crippen MR) is 93.2 cm³/mol. The highest BCUT2D eigenvalue weighted by Crippen LogP contribution is 2.24. The van der Waals surface area contributed by atoms with Gasteiger partial charge in [0.15, 0.2) is 11.4 Å². The van der Waals surface area contributed by atoms with Gasteiger partial charge >= 0.3 is 0 Å². The van der Waals surface area contributed by atoms with Crippen LogP contribution in [0.3, 0.4) is 0 Å². The summed E-state index contributed by atoms with van der Waals surface area (Å²) in [6.45, 7) is 0.448. The maximum atomic E-state index is 12.4. The molecular weight excluding hydrogens is 316 g/mol. The number of nitrogens with one attached hydrogen (secondary N) is 1. The van der Waals surface area contributed by atoms with Gasteiger partial charge < -0.3 is 9.73 Å². The largest absolute Gasteiger partial charge is 0.459 e. The summed E-state index contributed by atoms with van der Waals surface area (Å²) in [6.07, 6.45) is 4.02. The molecule has 4 rings (SSSR count). The van der Waals surface area contributed by atoms with E-state index in [4.69, 9.17) is 4.42 Å². The van der Waals surface area contributed by atoms with Crippen molar-refractivity contribution in [1.82, 2.24) is 19.9 Å². The number of rotatable bonds is 5. The summed E-state index contributed by atoms with van der Waals surface area (Å²) in [5.41, 5.74) is 2.53. The summed E-state index contributed by atoms with van der Waals surface area (Å²) in [5.74, 6) is 0.883. The lowest BCUT2D eigenvalue weighted by Gasteiger charge is -2.05. The number of hydrogen-bond acceptors (Lipinski definition) is 4. The van der Waals surface area contributed by atoms with E-state index < -0.39 is 0 Å². The first-order valence-electron chi connectivity index (χ1n) is 8.03. The van der Waals surface area contributed by atoms with Gasteiger partial charge in [-0.05, 0) is 23.8 Å². The zero-order chi connectivity index (χ0) is 17.1. The van der Waals surface area contributed by atoms with Crippen molar-refractivity contribution in [2.45, 2.75) is 6.42 Å². The monoisotopic (exact) mass is 332 g/mol. The fourth-order valence-corrected chi connectivity index (χ4v) is 2.76. The Balaban J connectivity index is 1.44. The van der Waals surface area contributed by atoms with Crippen molar-refractivity contribution in [3.63, 3.8) is 0 Å². The molecule has 4 aromatic rings. The summed E-state index contributed by atoms with van der Waals surface area (Å²) in [6, 6.07) is 17.2. The predicted octanol–water partition coefficient (Wildman–Crippen LogP) is 2.96. The van der Waals surface area contributed by atoms with Gasteiger partial charge in [0.1, 0.15) is 5.82 Å². The molecule has 25 heavy (non-hydrogen) atoms. The number of pyridine rings is 1. The van der Waals surface area contributed by atoms with Gasteiger partial charge in [-0.1, -0.05) is 36.4 Å². The summed E-state index contributed by atoms with van der Waals surface area (Å²) in [5, 5.41) is 11.1. The second-order valence-electron chi connectivity index (χ2n) is 5.58. The summed E-state index contributed by atoms with van der Waals surface area (Å²) in [4.78, 5) is 12.4. The molecule has 6 heteroatoms. The fraction of sp³-hybridized carbons (Fsp3) is 0.105. The van der Waals surface area contributed by atoms with E-state index in [9.17, 15) is 4.79 Å². The smallest absolute Gasteiger partial charge is 0.287 e. The van der Waals surface area contributed by atoms with Gasteiger partial charge in [0.25, 0.3) is 5.91 Å². The molecule has 0 saturated heterocycles. The molecule has 0 aliphatic rings. The lowest BCUT2D eigenvalue weighted by molar-refractivity contribution is 0.0927. The molecule has 0 aliphatic heterocycles. The molecule has 0 bridgehead atoms. The Kier molecular flexibility index (Phi) is 4.00. The lowest BCUT2D eigenvalue weighted by Crippen LogP contribution is -2.26. The molecule has 0 saturated carbocycles. The van der Waals surface area contributed by atoms with Crippen LogP contribution in [0.4, 0.5) is 0 Å². The van der Waals surface area contributed by atoms with E-state index in [2.05, 4.69) is 15.5 Å². The maximum Gasteiger partial charge on any atom is 0.287 e. The van der Waals surface area contributed by atoms with Crippen molar-refractivity contribution in [2.24, 2.45) is 0 Å². The molecule has 0 fully saturated rings. The topological polar surface area (TPSA) is 72.4 Å². The Bertz CT molecular complexity index is 1000. The third-order valence-corrected chi connectivity index (χ3v) is 3.97. The summed E-state index contributed by atoms with van der Waals surface area (Å²) < 4.78 is 7.30. The van der Waals surface area contributed by atoms with Gasteiger partial charge in [-0.25, -0.2) is 0 Å². The number of carbonyl (C=O) groups excluding carboxylic acids is 1. The number of amides is 1. The van der Waals surface area contributed by atoms with E-state index in [-0.39, 0.29) is 5.91 Å². The number of hydrogen-bond donors (Lipinski definition) is 1. The van der Waals surface area contributed by atoms with Crippen LogP contribution in [-0.4, -0.2) is 27.0 Å². The van der Waals surface area contributed by atoms with Crippen LogP contribution in [0.25, 0.3) is 16.8 Å². The summed E-state index contributed by atoms with van der Waals surface area (Å²) >= 11 is 0. The number of furan rings is 1. The van der Waals surface area contributed by atoms with E-state index in [0.717, 1.165) is 22.6 Å². The minimum atomic E-state index is -0.238. The van der Waals surface area contributed by atoms with Crippen molar-refractivity contribution in [2.75, 3.05) is 6.54 Å². The third-order valence-electron chi connectivity index (χ3n) is 3.97. The first-order chi connectivity index (χ1) is 12.3. The van der Waals surface area contributed by atoms with Crippen LogP contribution in [0.2, 0.25) is 0 Å². The molecule has 0 spiro atoms. The van der Waals surface area contributed by atoms with Crippen molar-refractivity contribution in [3.05, 3.63) is 78.6 Å². The van der Waals surface area contributed by atoms with E-state index in [1.54, 1.807) is 6.07 Å². The highest BCUT2D eigenvalue weighted by molar-refractivity contribution is 5.98. The zero-order valence-corrected chi connectivity index (χ0v) is 13.4. The van der Waals surface area contributed by atoms with E-state index in [0.29, 0.717) is 18.7 Å². The number of nitrogens with zero attached hydrogens (tertiary/aromatic N) is 3. The van der Waals surface area contributed by atoms with Gasteiger partial charge in [0.2, 0.25) is 0 Å². The van der Waals surface area contributed by atoms with E-state index >= 15 is 0 Å². The van der Waals surface area contributed by atoms with Crippen LogP contribution in [0.15, 0.2) is 71.5 Å². The highest BCUT2D eigenvalue weighted by Gasteiger charge is 2.16. The molecule has 6 nitrogen and oxygen atoms in total. The van der Waals surface area contributed by atoms with Crippen molar-refractivity contribution in [3.8, 4) is 11.1 Å². The molecule has 124 valence electrons. The molecule has 0 atom stereocenters. The number of benzene rings is 1. The molecule has 1 N–H and O–H groups in total. The van der Waals surface area contributed by atoms with Gasteiger partial charge in [0.05, 0.1) is 6.26 Å². The average Bonchev–Trinajstić information content (AvgIpc) is 3.30. The normalized spacial score (nSPS) is 10.9. The maximum absolute atomic E-state index is 12.4. The first kappa shape index (κ1) is 15.1. The Labute approximate surface area is 144 Å². The van der Waals surface area contributed by atoms with Crippen molar-refractivity contribution < 1.29 is 9.21 Å². The SMILES string of the molecule is O=C(NCCc1nnc2ccccn12)c1occc1-c1ccccc1. The molecule has 1 aromatic carbocycles. The van der Waals surface area contributed by atoms with E-state index in [1.807, 2.05) is 59.1 Å². The molecule has 0 radical (unpaired) electrons. The minimum absolute atomic E-state index is 0.238. The lowest BCUT2D eigenvalue weighted by atomic mass is 10.1. The number of carbonyl (C=O) groups is 1.